The van der Waals surface area contributed by atoms with E-state index in [1.54, 1.807) is 0 Å². The van der Waals surface area contributed by atoms with Gasteiger partial charge in [-0.05, 0) is 38.1 Å². The third kappa shape index (κ3) is 3.14. The fraction of sp³-hybridized carbons (Fsp3) is 0.533. The van der Waals surface area contributed by atoms with Crippen molar-refractivity contribution in [2.45, 2.75) is 12.8 Å². The van der Waals surface area contributed by atoms with Gasteiger partial charge >= 0.3 is 0 Å². The Balaban J connectivity index is 1.49. The van der Waals surface area contributed by atoms with Gasteiger partial charge < -0.3 is 9.80 Å². The molecule has 1 aliphatic heterocycles. The monoisotopic (exact) mass is 258 g/mol. The van der Waals surface area contributed by atoms with Gasteiger partial charge in [-0.2, -0.15) is 5.10 Å². The number of H-pyrrole nitrogens is 1. The van der Waals surface area contributed by atoms with Crippen LogP contribution in [-0.4, -0.2) is 59.8 Å². The van der Waals surface area contributed by atoms with Gasteiger partial charge in [0.05, 0.1) is 11.7 Å². The maximum absolute atomic E-state index is 4.07. The van der Waals surface area contributed by atoms with Crippen LogP contribution >= 0.6 is 0 Å². The Morgan fingerprint density at radius 3 is 2.89 bits per heavy atom. The lowest BCUT2D eigenvalue weighted by molar-refractivity contribution is 0.153. The van der Waals surface area contributed by atoms with E-state index in [1.807, 2.05) is 6.20 Å². The van der Waals surface area contributed by atoms with E-state index < -0.39 is 0 Å². The van der Waals surface area contributed by atoms with E-state index in [0.29, 0.717) is 0 Å². The molecule has 1 aliphatic rings. The van der Waals surface area contributed by atoms with Crippen molar-refractivity contribution in [3.8, 4) is 0 Å². The molecular formula is C15H22N4. The van der Waals surface area contributed by atoms with Crippen LogP contribution in [-0.2, 0) is 6.42 Å². The molecule has 19 heavy (non-hydrogen) atoms. The summed E-state index contributed by atoms with van der Waals surface area (Å²) >= 11 is 0. The molecular weight excluding hydrogens is 236 g/mol. The summed E-state index contributed by atoms with van der Waals surface area (Å²) in [5.74, 6) is 0. The van der Waals surface area contributed by atoms with Crippen LogP contribution in [0.2, 0.25) is 0 Å². The zero-order valence-corrected chi connectivity index (χ0v) is 11.6. The van der Waals surface area contributed by atoms with Crippen LogP contribution < -0.4 is 0 Å². The number of benzene rings is 1. The molecule has 4 heteroatoms. The minimum atomic E-state index is 1.15. The summed E-state index contributed by atoms with van der Waals surface area (Å²) in [6.45, 7) is 6.07. The lowest BCUT2D eigenvalue weighted by atomic mass is 10.1. The Labute approximate surface area is 114 Å². The fourth-order valence-corrected chi connectivity index (χ4v) is 2.72. The standard InChI is InChI=1S/C15H22N4/c1-18-7-9-19(10-8-18)6-2-3-13-4-5-14-12-16-17-15(14)11-13/h4-5,11-12H,2-3,6-10H2,1H3,(H,16,17). The van der Waals surface area contributed by atoms with Gasteiger partial charge in [0, 0.05) is 31.6 Å². The van der Waals surface area contributed by atoms with Crippen molar-refractivity contribution in [3.63, 3.8) is 0 Å². The van der Waals surface area contributed by atoms with Crippen LogP contribution in [0, 0.1) is 0 Å². The third-order valence-corrected chi connectivity index (χ3v) is 4.04. The highest BCUT2D eigenvalue weighted by atomic mass is 15.2. The fourth-order valence-electron chi connectivity index (χ4n) is 2.72. The van der Waals surface area contributed by atoms with Crippen molar-refractivity contribution >= 4 is 10.9 Å². The largest absolute Gasteiger partial charge is 0.304 e. The van der Waals surface area contributed by atoms with Crippen LogP contribution in [0.1, 0.15) is 12.0 Å². The molecule has 1 aromatic heterocycles. The summed E-state index contributed by atoms with van der Waals surface area (Å²) in [5, 5.41) is 8.30. The number of aromatic amines is 1. The molecule has 1 saturated heterocycles. The zero-order chi connectivity index (χ0) is 13.1. The highest BCUT2D eigenvalue weighted by Gasteiger charge is 2.12. The van der Waals surface area contributed by atoms with Crippen molar-refractivity contribution in [2.75, 3.05) is 39.8 Å². The molecule has 1 fully saturated rings. The van der Waals surface area contributed by atoms with E-state index in [9.17, 15) is 0 Å². The molecule has 4 nitrogen and oxygen atoms in total. The lowest BCUT2D eigenvalue weighted by Crippen LogP contribution is -2.44. The van der Waals surface area contributed by atoms with Crippen molar-refractivity contribution in [3.05, 3.63) is 30.0 Å². The van der Waals surface area contributed by atoms with E-state index in [2.05, 4.69) is 45.2 Å². The van der Waals surface area contributed by atoms with E-state index in [0.717, 1.165) is 11.9 Å². The number of hydrogen-bond donors (Lipinski definition) is 1. The van der Waals surface area contributed by atoms with Crippen LogP contribution in [0.25, 0.3) is 10.9 Å². The Kier molecular flexibility index (Phi) is 3.80. The first-order valence-electron chi connectivity index (χ1n) is 7.14. The Bertz CT molecular complexity index is 526. The van der Waals surface area contributed by atoms with Crippen molar-refractivity contribution < 1.29 is 0 Å². The quantitative estimate of drug-likeness (QED) is 0.907. The Morgan fingerprint density at radius 2 is 2.05 bits per heavy atom. The molecule has 0 atom stereocenters. The van der Waals surface area contributed by atoms with Gasteiger partial charge in [0.1, 0.15) is 0 Å². The van der Waals surface area contributed by atoms with Gasteiger partial charge in [0.2, 0.25) is 0 Å². The van der Waals surface area contributed by atoms with Gasteiger partial charge in [-0.3, -0.25) is 5.10 Å². The maximum atomic E-state index is 4.07. The van der Waals surface area contributed by atoms with Crippen LogP contribution in [0.3, 0.4) is 0 Å². The number of aromatic nitrogens is 2. The van der Waals surface area contributed by atoms with Crippen molar-refractivity contribution in [1.29, 1.82) is 0 Å². The van der Waals surface area contributed by atoms with Gasteiger partial charge in [0.25, 0.3) is 0 Å². The second-order valence-corrected chi connectivity index (χ2v) is 5.54. The Morgan fingerprint density at radius 1 is 1.21 bits per heavy atom. The van der Waals surface area contributed by atoms with E-state index in [1.165, 1.54) is 50.1 Å². The summed E-state index contributed by atoms with van der Waals surface area (Å²) in [4.78, 5) is 4.98. The summed E-state index contributed by atoms with van der Waals surface area (Å²) in [5.41, 5.74) is 2.56. The number of piperazine rings is 1. The molecule has 0 spiro atoms. The first-order chi connectivity index (χ1) is 9.31. The Hall–Kier alpha value is -1.39. The van der Waals surface area contributed by atoms with Gasteiger partial charge in [-0.15, -0.1) is 0 Å². The van der Waals surface area contributed by atoms with Gasteiger partial charge in [-0.25, -0.2) is 0 Å². The smallest absolute Gasteiger partial charge is 0.0653 e. The minimum absolute atomic E-state index is 1.15. The summed E-state index contributed by atoms with van der Waals surface area (Å²) in [6, 6.07) is 6.61. The molecule has 0 aliphatic carbocycles. The van der Waals surface area contributed by atoms with Crippen molar-refractivity contribution in [1.82, 2.24) is 20.0 Å². The molecule has 1 aromatic carbocycles. The predicted octanol–water partition coefficient (Wildman–Crippen LogP) is 1.74. The van der Waals surface area contributed by atoms with Crippen molar-refractivity contribution in [2.24, 2.45) is 0 Å². The maximum Gasteiger partial charge on any atom is 0.0653 e. The van der Waals surface area contributed by atoms with Gasteiger partial charge in [-0.1, -0.05) is 12.1 Å². The number of hydrogen-bond acceptors (Lipinski definition) is 3. The first-order valence-corrected chi connectivity index (χ1v) is 7.14. The number of nitrogens with one attached hydrogen (secondary N) is 1. The SMILES string of the molecule is CN1CCN(CCCc2ccc3cn[nH]c3c2)CC1. The average Bonchev–Trinajstić information content (AvgIpc) is 2.88. The van der Waals surface area contributed by atoms with Crippen LogP contribution in [0.15, 0.2) is 24.4 Å². The number of fused-ring (bicyclic) bond motifs is 1. The van der Waals surface area contributed by atoms with Crippen LogP contribution in [0.5, 0.6) is 0 Å². The highest BCUT2D eigenvalue weighted by molar-refractivity contribution is 5.78. The minimum Gasteiger partial charge on any atom is -0.304 e. The molecule has 2 heterocycles. The van der Waals surface area contributed by atoms with Gasteiger partial charge in [0.15, 0.2) is 0 Å². The lowest BCUT2D eigenvalue weighted by Gasteiger charge is -2.32. The molecule has 3 rings (SSSR count). The third-order valence-electron chi connectivity index (χ3n) is 4.04. The molecule has 0 saturated carbocycles. The number of nitrogens with zero attached hydrogens (tertiary/aromatic N) is 3. The highest BCUT2D eigenvalue weighted by Crippen LogP contribution is 2.14. The normalized spacial score (nSPS) is 18.2. The second-order valence-electron chi connectivity index (χ2n) is 5.54. The van der Waals surface area contributed by atoms with Crippen LogP contribution in [0.4, 0.5) is 0 Å². The molecule has 0 radical (unpaired) electrons. The molecule has 0 bridgehead atoms. The second kappa shape index (κ2) is 5.72. The summed E-state index contributed by atoms with van der Waals surface area (Å²) in [7, 11) is 2.21. The molecule has 0 unspecified atom stereocenters. The zero-order valence-electron chi connectivity index (χ0n) is 11.6. The number of aryl methyl sites for hydroxylation is 1. The number of likely N-dealkylation sites (N-methyl/N-ethyl adjacent to an activating group) is 1. The summed E-state index contributed by atoms with van der Waals surface area (Å²) < 4.78 is 0. The van der Waals surface area contributed by atoms with E-state index >= 15 is 0 Å². The molecule has 2 aromatic rings. The topological polar surface area (TPSA) is 35.2 Å². The molecule has 1 N–H and O–H groups in total. The number of rotatable bonds is 4. The predicted molar refractivity (Wildman–Crippen MR) is 78.4 cm³/mol. The van der Waals surface area contributed by atoms with E-state index in [4.69, 9.17) is 0 Å². The van der Waals surface area contributed by atoms with E-state index in [-0.39, 0.29) is 0 Å². The first kappa shape index (κ1) is 12.6. The molecule has 0 amide bonds. The molecule has 102 valence electrons. The summed E-state index contributed by atoms with van der Waals surface area (Å²) in [6.07, 6.45) is 4.27. The average molecular weight is 258 g/mol.